The van der Waals surface area contributed by atoms with E-state index in [2.05, 4.69) is 0 Å². The Bertz CT molecular complexity index is 11.7. The van der Waals surface area contributed by atoms with E-state index in [0.29, 0.717) is 0 Å². The second kappa shape index (κ2) is 57.6. The summed E-state index contributed by atoms with van der Waals surface area (Å²) in [4.78, 5) is 0. The number of hydrogen-bond donors (Lipinski definition) is 0. The third-order valence-electron chi connectivity index (χ3n) is 0. The molecule has 0 amide bonds. The summed E-state index contributed by atoms with van der Waals surface area (Å²) in [5, 5.41) is 0. The quantitative estimate of drug-likeness (QED) is 0.506. The summed E-state index contributed by atoms with van der Waals surface area (Å²) in [6, 6.07) is 0. The van der Waals surface area contributed by atoms with E-state index in [1.165, 1.54) is 0 Å². The molecule has 7 heavy (non-hydrogen) atoms. The van der Waals surface area contributed by atoms with Crippen LogP contribution in [0.25, 0.3) is 0 Å². The van der Waals surface area contributed by atoms with Crippen molar-refractivity contribution in [3.63, 3.8) is 0 Å². The van der Waals surface area contributed by atoms with E-state index >= 15 is 0 Å². The van der Waals surface area contributed by atoms with Crippen LogP contribution in [0.4, 0.5) is 0 Å². The first-order valence-electron chi connectivity index (χ1n) is 0. The molecule has 0 aromatic heterocycles. The van der Waals surface area contributed by atoms with E-state index < -0.39 is 0 Å². The van der Waals surface area contributed by atoms with Gasteiger partial charge in [0.1, 0.15) is 0 Å². The van der Waals surface area contributed by atoms with Crippen LogP contribution in [0.2, 0.25) is 0 Å². The molecule has 0 unspecified atom stereocenters. The molecule has 4 nitrogen and oxygen atoms in total. The fraction of sp³-hybridized carbons (Fsp3) is 0. The molecule has 0 aliphatic heterocycles. The molecule has 0 rings (SSSR count). The van der Waals surface area contributed by atoms with Crippen molar-refractivity contribution in [1.82, 2.24) is 0 Å². The van der Waals surface area contributed by atoms with Gasteiger partial charge in [-0.2, -0.15) is 0 Å². The van der Waals surface area contributed by atoms with Gasteiger partial charge in [-0.15, -0.1) is 0 Å². The molecule has 0 aromatic carbocycles. The van der Waals surface area contributed by atoms with Gasteiger partial charge in [0.2, 0.25) is 0 Å². The van der Waals surface area contributed by atoms with Crippen LogP contribution >= 0.6 is 0 Å². The Kier molecular flexibility index (Phi) is 657. The van der Waals surface area contributed by atoms with Crippen LogP contribution < -0.4 is 0 Å². The average molecular weight is 293 g/mol. The summed E-state index contributed by atoms with van der Waals surface area (Å²) < 4.78 is 0. The minimum atomic E-state index is 0. The van der Waals surface area contributed by atoms with Crippen molar-refractivity contribution in [2.45, 2.75) is 0 Å². The van der Waals surface area contributed by atoms with Gasteiger partial charge in [-0.3, -0.25) is 0 Å². The molecular weight excluding hydrogens is 289 g/mol. The number of hydrogen-bond acceptors (Lipinski definition) is 4. The van der Waals surface area contributed by atoms with E-state index in [4.69, 9.17) is 0 Å². The Morgan fingerprint density at radius 2 is 0.571 bits per heavy atom. The second-order valence-corrected chi connectivity index (χ2v) is 0. The van der Waals surface area contributed by atoms with Gasteiger partial charge >= 0.3 is 86.6 Å². The minimum absolute atomic E-state index is 0. The third kappa shape index (κ3) is 44.7. The zero-order chi connectivity index (χ0) is 0. The molecule has 0 heterocycles. The molecule has 0 saturated heterocycles. The van der Waals surface area contributed by atoms with E-state index in [1.54, 1.807) is 0 Å². The Labute approximate surface area is 127 Å². The van der Waals surface area contributed by atoms with E-state index in [1.807, 2.05) is 0 Å². The van der Waals surface area contributed by atoms with Crippen molar-refractivity contribution in [2.75, 3.05) is 0 Å². The van der Waals surface area contributed by atoms with E-state index in [-0.39, 0.29) is 130 Å². The first-order chi connectivity index (χ1) is 0. The molecular formula is H4BaCaO4Ti. The predicted octanol–water partition coefficient (Wildman–Crippen LogP) is -1.47. The summed E-state index contributed by atoms with van der Waals surface area (Å²) in [6.45, 7) is 0. The van der Waals surface area contributed by atoms with Crippen molar-refractivity contribution in [3.05, 3.63) is 0 Å². The van der Waals surface area contributed by atoms with E-state index in [9.17, 15) is 0 Å². The standard InChI is InChI=1S/Ba.Ca.4H2O.Ti/h;;4*1H2;/q2*+2;;;;;/p-4. The van der Waals surface area contributed by atoms with Gasteiger partial charge in [-0.1, -0.05) is 0 Å². The summed E-state index contributed by atoms with van der Waals surface area (Å²) in [5.74, 6) is 0. The van der Waals surface area contributed by atoms with Crippen LogP contribution in [-0.2, 0) is 21.7 Å². The maximum Gasteiger partial charge on any atom is 2.00 e. The zero-order valence-corrected chi connectivity index (χ0v) is 11.9. The van der Waals surface area contributed by atoms with Gasteiger partial charge in [0, 0.05) is 21.7 Å². The molecule has 4 N–H and O–H groups in total. The normalized spacial score (nSPS) is 0. The second-order valence-electron chi connectivity index (χ2n) is 0. The van der Waals surface area contributed by atoms with Crippen LogP contribution in [0.3, 0.4) is 0 Å². The summed E-state index contributed by atoms with van der Waals surface area (Å²) >= 11 is 0. The first-order valence-corrected chi connectivity index (χ1v) is 0. The Hall–Kier alpha value is 3.39. The van der Waals surface area contributed by atoms with Gasteiger partial charge in [0.15, 0.2) is 0 Å². The molecule has 7 heteroatoms. The molecule has 0 spiro atoms. The first kappa shape index (κ1) is 79.8. The SMILES string of the molecule is [Ba+2].[Ca+2].[OH-].[OH-].[OH-].[OH-].[Ti]. The van der Waals surface area contributed by atoms with Crippen LogP contribution in [0.5, 0.6) is 0 Å². The molecule has 0 bridgehead atoms. The predicted molar refractivity (Wildman–Crippen MR) is 19.3 cm³/mol. The van der Waals surface area contributed by atoms with E-state index in [0.717, 1.165) is 0 Å². The average Bonchev–Trinajstić information content (AvgIpc) is 0. The van der Waals surface area contributed by atoms with Gasteiger partial charge in [0.25, 0.3) is 0 Å². The van der Waals surface area contributed by atoms with Crippen LogP contribution in [0, 0.1) is 0 Å². The van der Waals surface area contributed by atoms with Crippen molar-refractivity contribution < 1.29 is 43.6 Å². The molecule has 0 aliphatic carbocycles. The minimum Gasteiger partial charge on any atom is -0.870 e. The monoisotopic (exact) mass is 294 g/mol. The maximum absolute atomic E-state index is 0. The van der Waals surface area contributed by atoms with Crippen molar-refractivity contribution >= 4 is 86.6 Å². The topological polar surface area (TPSA) is 120 Å². The smallest absolute Gasteiger partial charge is 0.870 e. The molecule has 0 radical (unpaired) electrons. The Morgan fingerprint density at radius 3 is 0.571 bits per heavy atom. The van der Waals surface area contributed by atoms with Crippen molar-refractivity contribution in [3.8, 4) is 0 Å². The molecule has 0 saturated carbocycles. The van der Waals surface area contributed by atoms with Gasteiger partial charge in [0.05, 0.1) is 0 Å². The molecule has 0 aliphatic rings. The maximum atomic E-state index is 0. The third-order valence-corrected chi connectivity index (χ3v) is 0. The molecule has 0 atom stereocenters. The van der Waals surface area contributed by atoms with Crippen molar-refractivity contribution in [1.29, 1.82) is 0 Å². The molecule has 0 fully saturated rings. The van der Waals surface area contributed by atoms with Crippen LogP contribution in [-0.4, -0.2) is 109 Å². The Balaban J connectivity index is 0. The van der Waals surface area contributed by atoms with Gasteiger partial charge in [-0.25, -0.2) is 0 Å². The van der Waals surface area contributed by atoms with Crippen molar-refractivity contribution in [2.24, 2.45) is 0 Å². The summed E-state index contributed by atoms with van der Waals surface area (Å²) in [6.07, 6.45) is 0. The number of rotatable bonds is 0. The van der Waals surface area contributed by atoms with Crippen LogP contribution in [0.15, 0.2) is 0 Å². The molecule has 0 aromatic rings. The molecule has 36 valence electrons. The summed E-state index contributed by atoms with van der Waals surface area (Å²) in [5.41, 5.74) is 0. The van der Waals surface area contributed by atoms with Gasteiger partial charge in [-0.05, 0) is 0 Å². The summed E-state index contributed by atoms with van der Waals surface area (Å²) in [7, 11) is 0. The zero-order valence-electron chi connectivity index (χ0n) is 3.70. The largest absolute Gasteiger partial charge is 2.00 e. The van der Waals surface area contributed by atoms with Crippen LogP contribution in [0.1, 0.15) is 0 Å². The Morgan fingerprint density at radius 1 is 0.571 bits per heavy atom. The fourth-order valence-corrected chi connectivity index (χ4v) is 0. The van der Waals surface area contributed by atoms with Gasteiger partial charge < -0.3 is 21.9 Å². The fourth-order valence-electron chi connectivity index (χ4n) is 0.